The molecule has 80 valence electrons. The molecule has 2 nitrogen and oxygen atoms in total. The molecule has 0 aromatic carbocycles. The average molecular weight is 196 g/mol. The molecule has 0 aromatic heterocycles. The maximum absolute atomic E-state index is 11.5. The second kappa shape index (κ2) is 3.92. The fourth-order valence-corrected chi connectivity index (χ4v) is 2.80. The van der Waals surface area contributed by atoms with Crippen molar-refractivity contribution in [2.24, 2.45) is 11.3 Å². The second-order valence-corrected chi connectivity index (χ2v) is 4.98. The van der Waals surface area contributed by atoms with Crippen molar-refractivity contribution in [3.63, 3.8) is 0 Å². The molecule has 0 atom stereocenters. The van der Waals surface area contributed by atoms with Gasteiger partial charge in [0.1, 0.15) is 0 Å². The van der Waals surface area contributed by atoms with Crippen LogP contribution in [0.4, 0.5) is 0 Å². The number of rotatable bonds is 3. The maximum atomic E-state index is 11.5. The lowest BCUT2D eigenvalue weighted by atomic mass is 9.81. The molecule has 0 spiro atoms. The summed E-state index contributed by atoms with van der Waals surface area (Å²) in [6.45, 7) is 0. The number of hydrogen-bond acceptors (Lipinski definition) is 2. The Morgan fingerprint density at radius 3 is 2.43 bits per heavy atom. The Morgan fingerprint density at radius 1 is 1.29 bits per heavy atom. The van der Waals surface area contributed by atoms with Crippen molar-refractivity contribution < 1.29 is 9.53 Å². The highest BCUT2D eigenvalue weighted by Crippen LogP contribution is 2.53. The van der Waals surface area contributed by atoms with Crippen LogP contribution in [-0.4, -0.2) is 13.1 Å². The van der Waals surface area contributed by atoms with E-state index in [1.807, 2.05) is 0 Å². The lowest BCUT2D eigenvalue weighted by Gasteiger charge is -2.24. The van der Waals surface area contributed by atoms with Crippen LogP contribution >= 0.6 is 0 Å². The summed E-state index contributed by atoms with van der Waals surface area (Å²) in [5, 5.41) is 0. The zero-order valence-electron chi connectivity index (χ0n) is 9.05. The zero-order valence-corrected chi connectivity index (χ0v) is 9.05. The van der Waals surface area contributed by atoms with E-state index in [9.17, 15) is 4.79 Å². The summed E-state index contributed by atoms with van der Waals surface area (Å²) in [7, 11) is 1.52. The van der Waals surface area contributed by atoms with Gasteiger partial charge in [-0.3, -0.25) is 4.79 Å². The van der Waals surface area contributed by atoms with Crippen LogP contribution in [0.5, 0.6) is 0 Å². The molecule has 14 heavy (non-hydrogen) atoms. The molecule has 2 fully saturated rings. The highest BCUT2D eigenvalue weighted by atomic mass is 16.5. The number of carbonyl (C=O) groups excluding carboxylic acids is 1. The molecular weight excluding hydrogens is 176 g/mol. The molecule has 0 saturated heterocycles. The summed E-state index contributed by atoms with van der Waals surface area (Å²) in [6.07, 6.45) is 10.0. The van der Waals surface area contributed by atoms with Crippen molar-refractivity contribution in [2.75, 3.05) is 7.11 Å². The van der Waals surface area contributed by atoms with Crippen molar-refractivity contribution in [1.29, 1.82) is 0 Å². The lowest BCUT2D eigenvalue weighted by Crippen LogP contribution is -2.22. The first kappa shape index (κ1) is 10.0. The molecule has 0 bridgehead atoms. The minimum atomic E-state index is -0.0449. The average Bonchev–Trinajstić information content (AvgIpc) is 2.99. The summed E-state index contributed by atoms with van der Waals surface area (Å²) < 4.78 is 4.88. The lowest BCUT2D eigenvalue weighted by molar-refractivity contribution is -0.148. The van der Waals surface area contributed by atoms with Crippen molar-refractivity contribution >= 4 is 5.97 Å². The Kier molecular flexibility index (Phi) is 2.80. The number of ether oxygens (including phenoxy) is 1. The fraction of sp³-hybridized carbons (Fsp3) is 0.917. The van der Waals surface area contributed by atoms with Crippen LogP contribution in [0, 0.1) is 11.3 Å². The summed E-state index contributed by atoms with van der Waals surface area (Å²) in [5.41, 5.74) is -0.0449. The van der Waals surface area contributed by atoms with E-state index in [4.69, 9.17) is 4.74 Å². The van der Waals surface area contributed by atoms with E-state index < -0.39 is 0 Å². The number of hydrogen-bond donors (Lipinski definition) is 0. The quantitative estimate of drug-likeness (QED) is 0.649. The van der Waals surface area contributed by atoms with Gasteiger partial charge >= 0.3 is 5.97 Å². The molecular formula is C12H20O2. The van der Waals surface area contributed by atoms with Gasteiger partial charge in [0.25, 0.3) is 0 Å². The fourth-order valence-electron chi connectivity index (χ4n) is 2.80. The van der Waals surface area contributed by atoms with Crippen LogP contribution in [0.3, 0.4) is 0 Å². The van der Waals surface area contributed by atoms with Crippen LogP contribution in [0.1, 0.15) is 51.4 Å². The highest BCUT2D eigenvalue weighted by Gasteiger charge is 2.51. The predicted octanol–water partition coefficient (Wildman–Crippen LogP) is 2.91. The monoisotopic (exact) mass is 196 g/mol. The molecule has 0 N–H and O–H groups in total. The smallest absolute Gasteiger partial charge is 0.311 e. The Morgan fingerprint density at radius 2 is 1.93 bits per heavy atom. The van der Waals surface area contributed by atoms with E-state index in [2.05, 4.69) is 0 Å². The highest BCUT2D eigenvalue weighted by molar-refractivity contribution is 5.79. The van der Waals surface area contributed by atoms with E-state index >= 15 is 0 Å². The van der Waals surface area contributed by atoms with Gasteiger partial charge in [0, 0.05) is 0 Å². The van der Waals surface area contributed by atoms with Crippen molar-refractivity contribution in [3.05, 3.63) is 0 Å². The van der Waals surface area contributed by atoms with E-state index in [0.29, 0.717) is 0 Å². The Hall–Kier alpha value is -0.530. The SMILES string of the molecule is COC(=O)C1(CC2CCCCC2)CC1. The standard InChI is InChI=1S/C12H20O2/c1-14-11(13)12(7-8-12)9-10-5-3-2-4-6-10/h10H,2-9H2,1H3. The van der Waals surface area contributed by atoms with E-state index in [0.717, 1.165) is 25.2 Å². The van der Waals surface area contributed by atoms with Gasteiger partial charge < -0.3 is 4.74 Å². The van der Waals surface area contributed by atoms with Crippen LogP contribution in [0.15, 0.2) is 0 Å². The van der Waals surface area contributed by atoms with Gasteiger partial charge in [0.2, 0.25) is 0 Å². The van der Waals surface area contributed by atoms with Gasteiger partial charge in [-0.05, 0) is 25.2 Å². The van der Waals surface area contributed by atoms with Gasteiger partial charge in [-0.1, -0.05) is 32.1 Å². The van der Waals surface area contributed by atoms with Crippen LogP contribution < -0.4 is 0 Å². The first-order valence-corrected chi connectivity index (χ1v) is 5.85. The van der Waals surface area contributed by atoms with Gasteiger partial charge in [0.15, 0.2) is 0 Å². The Balaban J connectivity index is 1.86. The van der Waals surface area contributed by atoms with Crippen LogP contribution in [-0.2, 0) is 9.53 Å². The van der Waals surface area contributed by atoms with Crippen molar-refractivity contribution in [3.8, 4) is 0 Å². The minimum Gasteiger partial charge on any atom is -0.469 e. The zero-order chi connectivity index (χ0) is 10.0. The third-order valence-electron chi connectivity index (χ3n) is 3.88. The molecule has 0 unspecified atom stereocenters. The van der Waals surface area contributed by atoms with Crippen molar-refractivity contribution in [2.45, 2.75) is 51.4 Å². The molecule has 0 radical (unpaired) electrons. The third-order valence-corrected chi connectivity index (χ3v) is 3.88. The van der Waals surface area contributed by atoms with E-state index in [1.54, 1.807) is 0 Å². The summed E-state index contributed by atoms with van der Waals surface area (Å²) in [5.74, 6) is 0.841. The molecule has 2 rings (SSSR count). The summed E-state index contributed by atoms with van der Waals surface area (Å²) >= 11 is 0. The summed E-state index contributed by atoms with van der Waals surface area (Å²) in [4.78, 5) is 11.5. The van der Waals surface area contributed by atoms with Crippen LogP contribution in [0.25, 0.3) is 0 Å². The molecule has 2 aliphatic rings. The molecule has 0 aromatic rings. The number of methoxy groups -OCH3 is 1. The Bertz CT molecular complexity index is 212. The number of carbonyl (C=O) groups is 1. The molecule has 0 heterocycles. The first-order valence-electron chi connectivity index (χ1n) is 5.85. The molecule has 2 aliphatic carbocycles. The Labute approximate surface area is 86.0 Å². The normalized spacial score (nSPS) is 25.8. The number of esters is 1. The molecule has 0 amide bonds. The van der Waals surface area contributed by atoms with Crippen LogP contribution in [0.2, 0.25) is 0 Å². The third kappa shape index (κ3) is 1.94. The van der Waals surface area contributed by atoms with Gasteiger partial charge in [-0.2, -0.15) is 0 Å². The predicted molar refractivity (Wildman–Crippen MR) is 54.9 cm³/mol. The second-order valence-electron chi connectivity index (χ2n) is 4.98. The first-order chi connectivity index (χ1) is 6.77. The van der Waals surface area contributed by atoms with Crippen molar-refractivity contribution in [1.82, 2.24) is 0 Å². The minimum absolute atomic E-state index is 0.0445. The molecule has 2 heteroatoms. The van der Waals surface area contributed by atoms with E-state index in [-0.39, 0.29) is 11.4 Å². The van der Waals surface area contributed by atoms with E-state index in [1.165, 1.54) is 39.2 Å². The maximum Gasteiger partial charge on any atom is 0.311 e. The van der Waals surface area contributed by atoms with Gasteiger partial charge in [-0.15, -0.1) is 0 Å². The summed E-state index contributed by atoms with van der Waals surface area (Å²) in [6, 6.07) is 0. The largest absolute Gasteiger partial charge is 0.469 e. The molecule has 2 saturated carbocycles. The van der Waals surface area contributed by atoms with Gasteiger partial charge in [0.05, 0.1) is 12.5 Å². The van der Waals surface area contributed by atoms with Gasteiger partial charge in [-0.25, -0.2) is 0 Å². The molecule has 0 aliphatic heterocycles. The topological polar surface area (TPSA) is 26.3 Å².